The van der Waals surface area contributed by atoms with Gasteiger partial charge in [0.05, 0.1) is 46.5 Å². The van der Waals surface area contributed by atoms with Gasteiger partial charge in [0.25, 0.3) is 11.8 Å². The summed E-state index contributed by atoms with van der Waals surface area (Å²) >= 11 is 0. The Morgan fingerprint density at radius 3 is 2.31 bits per heavy atom. The van der Waals surface area contributed by atoms with Crippen molar-refractivity contribution in [3.05, 3.63) is 95.7 Å². The van der Waals surface area contributed by atoms with Crippen molar-refractivity contribution < 1.29 is 14.3 Å². The maximum Gasteiger partial charge on any atom is 0.257 e. The number of hydrogen-bond acceptors (Lipinski definition) is 9. The molecule has 45 heavy (non-hydrogen) atoms. The summed E-state index contributed by atoms with van der Waals surface area (Å²) in [6.07, 6.45) is 2.58. The average Bonchev–Trinajstić information content (AvgIpc) is 3.56. The van der Waals surface area contributed by atoms with E-state index in [2.05, 4.69) is 62.3 Å². The smallest absolute Gasteiger partial charge is 0.257 e. The number of anilines is 6. The number of ether oxygens (including phenoxy) is 1. The maximum atomic E-state index is 13.4. The van der Waals surface area contributed by atoms with Gasteiger partial charge in [-0.05, 0) is 56.9 Å². The molecule has 1 aliphatic rings. The molecular formula is C34H36N8O3. The third-order valence-electron chi connectivity index (χ3n) is 7.82. The number of amides is 2. The molecule has 0 aliphatic carbocycles. The van der Waals surface area contributed by atoms with E-state index < -0.39 is 5.91 Å². The average molecular weight is 605 g/mol. The molecule has 2 amide bonds. The molecule has 1 saturated heterocycles. The largest absolute Gasteiger partial charge is 0.494 e. The molecule has 1 fully saturated rings. The van der Waals surface area contributed by atoms with Crippen LogP contribution in [0.25, 0.3) is 0 Å². The molecular weight excluding hydrogens is 568 g/mol. The lowest BCUT2D eigenvalue weighted by Crippen LogP contribution is -2.31. The van der Waals surface area contributed by atoms with Crippen LogP contribution in [0, 0.1) is 11.3 Å². The minimum atomic E-state index is -0.417. The number of benzene rings is 3. The molecule has 0 saturated carbocycles. The summed E-state index contributed by atoms with van der Waals surface area (Å²) in [6, 6.07) is 24.1. The van der Waals surface area contributed by atoms with Crippen molar-refractivity contribution in [1.29, 1.82) is 5.26 Å². The van der Waals surface area contributed by atoms with E-state index >= 15 is 0 Å². The lowest BCUT2D eigenvalue weighted by molar-refractivity contribution is 0.0964. The number of nitrogens with one attached hydrogen (secondary N) is 4. The molecule has 1 atom stereocenters. The fourth-order valence-corrected chi connectivity index (χ4v) is 5.28. The second kappa shape index (κ2) is 13.8. The van der Waals surface area contributed by atoms with Crippen molar-refractivity contribution in [2.24, 2.45) is 0 Å². The van der Waals surface area contributed by atoms with Gasteiger partial charge in [-0.15, -0.1) is 0 Å². The van der Waals surface area contributed by atoms with E-state index in [0.717, 1.165) is 30.9 Å². The molecule has 11 nitrogen and oxygen atoms in total. The van der Waals surface area contributed by atoms with Crippen molar-refractivity contribution in [2.45, 2.75) is 12.5 Å². The van der Waals surface area contributed by atoms with Crippen molar-refractivity contribution >= 4 is 46.1 Å². The van der Waals surface area contributed by atoms with E-state index in [1.165, 1.54) is 13.2 Å². The van der Waals surface area contributed by atoms with E-state index in [-0.39, 0.29) is 5.91 Å². The molecule has 230 valence electrons. The zero-order valence-corrected chi connectivity index (χ0v) is 25.7. The second-order valence-corrected chi connectivity index (χ2v) is 10.8. The van der Waals surface area contributed by atoms with Gasteiger partial charge >= 0.3 is 0 Å². The van der Waals surface area contributed by atoms with Crippen LogP contribution in [0.2, 0.25) is 0 Å². The Kier molecular flexibility index (Phi) is 9.46. The molecule has 1 aromatic heterocycles. The molecule has 0 bridgehead atoms. The summed E-state index contributed by atoms with van der Waals surface area (Å²) in [4.78, 5) is 34.8. The third kappa shape index (κ3) is 6.98. The SMILES string of the molecule is CNC(=O)c1ccccc1NC(=O)c1ccccc1Nc1cc(Nc2ccc(N3CCC(N(C)C)C3)cc2OC)ncc1C#N. The number of hydrogen-bond donors (Lipinski definition) is 4. The second-order valence-electron chi connectivity index (χ2n) is 10.8. The van der Waals surface area contributed by atoms with Gasteiger partial charge in [0, 0.05) is 50.2 Å². The number of para-hydroxylation sites is 2. The Bertz CT molecular complexity index is 1750. The number of nitriles is 1. The summed E-state index contributed by atoms with van der Waals surface area (Å²) in [5, 5.41) is 21.8. The van der Waals surface area contributed by atoms with Crippen molar-refractivity contribution in [3.63, 3.8) is 0 Å². The number of nitrogens with zero attached hydrogens (tertiary/aromatic N) is 4. The van der Waals surface area contributed by atoms with Crippen LogP contribution >= 0.6 is 0 Å². The molecule has 11 heteroatoms. The molecule has 3 aromatic carbocycles. The van der Waals surface area contributed by atoms with Crippen LogP contribution < -0.4 is 30.9 Å². The van der Waals surface area contributed by atoms with E-state index in [1.807, 2.05) is 12.1 Å². The van der Waals surface area contributed by atoms with Gasteiger partial charge in [0.15, 0.2) is 0 Å². The van der Waals surface area contributed by atoms with Crippen LogP contribution in [-0.2, 0) is 0 Å². The normalized spacial score (nSPS) is 14.0. The minimum Gasteiger partial charge on any atom is -0.494 e. The van der Waals surface area contributed by atoms with Gasteiger partial charge in [-0.1, -0.05) is 24.3 Å². The first-order chi connectivity index (χ1) is 21.8. The van der Waals surface area contributed by atoms with E-state index in [4.69, 9.17) is 4.74 Å². The Balaban J connectivity index is 1.37. The van der Waals surface area contributed by atoms with Crippen LogP contribution in [-0.4, -0.2) is 69.1 Å². The molecule has 0 spiro atoms. The number of carbonyl (C=O) groups excluding carboxylic acids is 2. The van der Waals surface area contributed by atoms with E-state index in [0.29, 0.717) is 51.4 Å². The van der Waals surface area contributed by atoms with Gasteiger partial charge in [-0.3, -0.25) is 9.59 Å². The predicted octanol–water partition coefficient (Wildman–Crippen LogP) is 5.20. The molecule has 1 unspecified atom stereocenters. The van der Waals surface area contributed by atoms with Crippen molar-refractivity contribution in [3.8, 4) is 11.8 Å². The Hall–Kier alpha value is -5.60. The summed E-state index contributed by atoms with van der Waals surface area (Å²) in [7, 11) is 7.38. The monoisotopic (exact) mass is 604 g/mol. The fourth-order valence-electron chi connectivity index (χ4n) is 5.28. The predicted molar refractivity (Wildman–Crippen MR) is 177 cm³/mol. The number of likely N-dealkylation sites (N-methyl/N-ethyl adjacent to an activating group) is 1. The van der Waals surface area contributed by atoms with Gasteiger partial charge in [-0.25, -0.2) is 4.98 Å². The fraction of sp³-hybridized carbons (Fsp3) is 0.235. The summed E-state index contributed by atoms with van der Waals surface area (Å²) in [6.45, 7) is 1.93. The molecule has 1 aliphatic heterocycles. The highest BCUT2D eigenvalue weighted by atomic mass is 16.5. The van der Waals surface area contributed by atoms with Crippen LogP contribution in [0.1, 0.15) is 32.7 Å². The minimum absolute atomic E-state index is 0.299. The van der Waals surface area contributed by atoms with Crippen LogP contribution in [0.3, 0.4) is 0 Å². The highest BCUT2D eigenvalue weighted by Crippen LogP contribution is 2.34. The van der Waals surface area contributed by atoms with Crippen LogP contribution in [0.5, 0.6) is 5.75 Å². The quantitative estimate of drug-likeness (QED) is 0.193. The van der Waals surface area contributed by atoms with Crippen molar-refractivity contribution in [1.82, 2.24) is 15.2 Å². The van der Waals surface area contributed by atoms with Gasteiger partial charge in [0.1, 0.15) is 17.6 Å². The lowest BCUT2D eigenvalue weighted by atomic mass is 10.1. The van der Waals surface area contributed by atoms with Crippen molar-refractivity contribution in [2.75, 3.05) is 62.2 Å². The highest BCUT2D eigenvalue weighted by Gasteiger charge is 2.25. The first-order valence-corrected chi connectivity index (χ1v) is 14.6. The lowest BCUT2D eigenvalue weighted by Gasteiger charge is -2.23. The van der Waals surface area contributed by atoms with E-state index in [9.17, 15) is 14.9 Å². The van der Waals surface area contributed by atoms with Crippen LogP contribution in [0.15, 0.2) is 79.0 Å². The first-order valence-electron chi connectivity index (χ1n) is 14.6. The first kappa shape index (κ1) is 30.8. The molecule has 2 heterocycles. The maximum absolute atomic E-state index is 13.4. The Morgan fingerprint density at radius 2 is 1.64 bits per heavy atom. The van der Waals surface area contributed by atoms with E-state index in [1.54, 1.807) is 61.7 Å². The number of aromatic nitrogens is 1. The molecule has 4 aromatic rings. The molecule has 5 rings (SSSR count). The summed E-state index contributed by atoms with van der Waals surface area (Å²) in [5.74, 6) is 0.423. The van der Waals surface area contributed by atoms with Gasteiger partial charge in [0.2, 0.25) is 0 Å². The topological polar surface area (TPSA) is 135 Å². The highest BCUT2D eigenvalue weighted by molar-refractivity contribution is 6.11. The zero-order valence-electron chi connectivity index (χ0n) is 25.7. The third-order valence-corrected chi connectivity index (χ3v) is 7.82. The number of carbonyl (C=O) groups is 2. The molecule has 4 N–H and O–H groups in total. The summed E-state index contributed by atoms with van der Waals surface area (Å²) < 4.78 is 5.72. The van der Waals surface area contributed by atoms with Crippen LogP contribution in [0.4, 0.5) is 34.3 Å². The number of pyridine rings is 1. The zero-order chi connectivity index (χ0) is 31.9. The number of rotatable bonds is 10. The Morgan fingerprint density at radius 1 is 0.933 bits per heavy atom. The summed E-state index contributed by atoms with van der Waals surface area (Å²) in [5.41, 5.74) is 4.10. The standard InChI is InChI=1S/C34H36N8O3/c1-36-33(43)25-9-5-8-12-28(25)40-34(44)26-10-6-7-11-27(26)38-30-18-32(37-20-22(30)19-35)39-29-14-13-23(17-31(29)45-4)42-16-15-24(21-42)41(2)3/h5-14,17-18,20,24H,15-16,21H2,1-4H3,(H,36,43)(H,40,44)(H2,37,38,39). The molecule has 0 radical (unpaired) electrons. The number of methoxy groups -OCH3 is 1. The van der Waals surface area contributed by atoms with Gasteiger partial charge in [-0.2, -0.15) is 5.26 Å². The Labute approximate surface area is 262 Å². The van der Waals surface area contributed by atoms with Gasteiger partial charge < -0.3 is 35.8 Å².